The van der Waals surface area contributed by atoms with Crippen LogP contribution < -0.4 is 20.2 Å². The minimum absolute atomic E-state index is 0.458. The van der Waals surface area contributed by atoms with Crippen molar-refractivity contribution in [2.45, 2.75) is 20.5 Å². The molecule has 0 bridgehead atoms. The van der Waals surface area contributed by atoms with Gasteiger partial charge in [-0.25, -0.2) is 0 Å². The molecule has 2 aromatic carbocycles. The zero-order valence-corrected chi connectivity index (χ0v) is 15.5. The normalized spacial score (nSPS) is 10.5. The van der Waals surface area contributed by atoms with Crippen LogP contribution >= 0.6 is 12.2 Å². The van der Waals surface area contributed by atoms with Crippen LogP contribution in [0.1, 0.15) is 23.6 Å². The SMILES string of the molecule is CCOc1cc(/C=N\NC(=S)NC)ccc1OCc1cccc(C)c1. The Labute approximate surface area is 154 Å². The molecule has 0 aliphatic heterocycles. The van der Waals surface area contributed by atoms with Gasteiger partial charge in [-0.2, -0.15) is 5.10 Å². The van der Waals surface area contributed by atoms with E-state index in [0.717, 1.165) is 11.1 Å². The lowest BCUT2D eigenvalue weighted by Gasteiger charge is -2.13. The molecule has 6 heteroatoms. The van der Waals surface area contributed by atoms with Gasteiger partial charge in [-0.1, -0.05) is 29.8 Å². The third kappa shape index (κ3) is 6.08. The highest BCUT2D eigenvalue weighted by atomic mass is 32.1. The molecule has 0 saturated heterocycles. The number of nitrogens with one attached hydrogen (secondary N) is 2. The van der Waals surface area contributed by atoms with Crippen LogP contribution in [-0.2, 0) is 6.61 Å². The van der Waals surface area contributed by atoms with Gasteiger partial charge in [0.15, 0.2) is 16.6 Å². The molecule has 25 heavy (non-hydrogen) atoms. The van der Waals surface area contributed by atoms with Crippen molar-refractivity contribution in [3.05, 3.63) is 59.2 Å². The van der Waals surface area contributed by atoms with Gasteiger partial charge in [0.1, 0.15) is 6.61 Å². The standard InChI is InChI=1S/C19H23N3O2S/c1-4-23-18-11-15(12-21-22-19(25)20-3)8-9-17(18)24-13-16-7-5-6-14(2)10-16/h5-12H,4,13H2,1-3H3,(H2,20,22,25)/b21-12-. The smallest absolute Gasteiger partial charge is 0.186 e. The Hall–Kier alpha value is -2.60. The first-order chi connectivity index (χ1) is 12.1. The fraction of sp³-hybridized carbons (Fsp3) is 0.263. The number of thiocarbonyl (C=S) groups is 1. The zero-order valence-electron chi connectivity index (χ0n) is 14.7. The predicted molar refractivity (Wildman–Crippen MR) is 106 cm³/mol. The Morgan fingerprint density at radius 3 is 2.72 bits per heavy atom. The molecule has 0 unspecified atom stereocenters. The van der Waals surface area contributed by atoms with Crippen LogP contribution in [0.4, 0.5) is 0 Å². The average Bonchev–Trinajstić information content (AvgIpc) is 2.61. The van der Waals surface area contributed by atoms with Gasteiger partial charge in [-0.3, -0.25) is 5.43 Å². The number of aryl methyl sites for hydroxylation is 1. The maximum Gasteiger partial charge on any atom is 0.186 e. The average molecular weight is 357 g/mol. The molecule has 2 aromatic rings. The van der Waals surface area contributed by atoms with Crippen molar-refractivity contribution in [2.24, 2.45) is 5.10 Å². The van der Waals surface area contributed by atoms with E-state index in [2.05, 4.69) is 34.9 Å². The fourth-order valence-electron chi connectivity index (χ4n) is 2.18. The fourth-order valence-corrected chi connectivity index (χ4v) is 2.23. The number of ether oxygens (including phenoxy) is 2. The highest BCUT2D eigenvalue weighted by Gasteiger charge is 2.06. The van der Waals surface area contributed by atoms with Gasteiger partial charge in [0.05, 0.1) is 12.8 Å². The van der Waals surface area contributed by atoms with Gasteiger partial charge < -0.3 is 14.8 Å². The van der Waals surface area contributed by atoms with Crippen molar-refractivity contribution < 1.29 is 9.47 Å². The van der Waals surface area contributed by atoms with Crippen molar-refractivity contribution in [2.75, 3.05) is 13.7 Å². The van der Waals surface area contributed by atoms with Crippen LogP contribution in [0.3, 0.4) is 0 Å². The van der Waals surface area contributed by atoms with E-state index in [1.165, 1.54) is 5.56 Å². The minimum Gasteiger partial charge on any atom is -0.490 e. The monoisotopic (exact) mass is 357 g/mol. The van der Waals surface area contributed by atoms with E-state index < -0.39 is 0 Å². The second-order valence-electron chi connectivity index (χ2n) is 5.37. The predicted octanol–water partition coefficient (Wildman–Crippen LogP) is 3.40. The van der Waals surface area contributed by atoms with Crippen molar-refractivity contribution in [1.82, 2.24) is 10.7 Å². The largest absolute Gasteiger partial charge is 0.490 e. The van der Waals surface area contributed by atoms with Crippen LogP contribution in [0.15, 0.2) is 47.6 Å². The lowest BCUT2D eigenvalue weighted by Crippen LogP contribution is -2.28. The number of hydrogen-bond acceptors (Lipinski definition) is 4. The van der Waals surface area contributed by atoms with E-state index in [0.29, 0.717) is 29.8 Å². The molecule has 0 aromatic heterocycles. The Morgan fingerprint density at radius 2 is 2.00 bits per heavy atom. The topological polar surface area (TPSA) is 54.9 Å². The molecule has 0 spiro atoms. The van der Waals surface area contributed by atoms with Crippen molar-refractivity contribution in [3.8, 4) is 11.5 Å². The minimum atomic E-state index is 0.458. The molecule has 5 nitrogen and oxygen atoms in total. The summed E-state index contributed by atoms with van der Waals surface area (Å²) in [6.07, 6.45) is 1.68. The zero-order chi connectivity index (χ0) is 18.1. The van der Waals surface area contributed by atoms with E-state index in [-0.39, 0.29) is 0 Å². The van der Waals surface area contributed by atoms with Crippen LogP contribution in [0.5, 0.6) is 11.5 Å². The Morgan fingerprint density at radius 1 is 1.16 bits per heavy atom. The number of nitrogens with zero attached hydrogens (tertiary/aromatic N) is 1. The molecular formula is C19H23N3O2S. The van der Waals surface area contributed by atoms with Crippen LogP contribution in [-0.4, -0.2) is 25.0 Å². The molecule has 2 rings (SSSR count). The van der Waals surface area contributed by atoms with Gasteiger partial charge in [0.2, 0.25) is 0 Å². The molecule has 2 N–H and O–H groups in total. The summed E-state index contributed by atoms with van der Waals surface area (Å²) in [5, 5.41) is 7.32. The molecule has 0 saturated carbocycles. The molecule has 0 radical (unpaired) electrons. The summed E-state index contributed by atoms with van der Waals surface area (Å²) in [6.45, 7) is 5.06. The maximum absolute atomic E-state index is 5.93. The van der Waals surface area contributed by atoms with E-state index >= 15 is 0 Å². The molecule has 0 aliphatic carbocycles. The lowest BCUT2D eigenvalue weighted by atomic mass is 10.1. The van der Waals surface area contributed by atoms with E-state index in [1.807, 2.05) is 37.3 Å². The first kappa shape index (κ1) is 18.7. The summed E-state index contributed by atoms with van der Waals surface area (Å²) in [5.41, 5.74) is 5.94. The highest BCUT2D eigenvalue weighted by molar-refractivity contribution is 7.80. The molecule has 0 heterocycles. The van der Waals surface area contributed by atoms with Crippen LogP contribution in [0.25, 0.3) is 0 Å². The van der Waals surface area contributed by atoms with Crippen molar-refractivity contribution >= 4 is 23.5 Å². The van der Waals surface area contributed by atoms with Crippen LogP contribution in [0.2, 0.25) is 0 Å². The Kier molecular flexibility index (Phi) is 7.22. The third-order valence-electron chi connectivity index (χ3n) is 3.35. The molecule has 0 amide bonds. The third-order valence-corrected chi connectivity index (χ3v) is 3.65. The van der Waals surface area contributed by atoms with Gasteiger partial charge in [0, 0.05) is 7.05 Å². The van der Waals surface area contributed by atoms with Crippen molar-refractivity contribution in [1.29, 1.82) is 0 Å². The van der Waals surface area contributed by atoms with Gasteiger partial charge >= 0.3 is 0 Å². The quantitative estimate of drug-likeness (QED) is 0.452. The molecule has 0 aliphatic rings. The summed E-state index contributed by atoms with van der Waals surface area (Å²) in [5.74, 6) is 1.40. The van der Waals surface area contributed by atoms with Gasteiger partial charge in [-0.05, 0) is 55.4 Å². The first-order valence-electron chi connectivity index (χ1n) is 8.08. The Bertz CT molecular complexity index is 747. The lowest BCUT2D eigenvalue weighted by molar-refractivity contribution is 0.269. The summed E-state index contributed by atoms with van der Waals surface area (Å²) < 4.78 is 11.6. The molecule has 0 atom stereocenters. The van der Waals surface area contributed by atoms with Crippen molar-refractivity contribution in [3.63, 3.8) is 0 Å². The van der Waals surface area contributed by atoms with Crippen LogP contribution in [0, 0.1) is 6.92 Å². The van der Waals surface area contributed by atoms with E-state index in [4.69, 9.17) is 21.7 Å². The van der Waals surface area contributed by atoms with E-state index in [1.54, 1.807) is 13.3 Å². The highest BCUT2D eigenvalue weighted by Crippen LogP contribution is 2.29. The van der Waals surface area contributed by atoms with Gasteiger partial charge in [0.25, 0.3) is 0 Å². The second-order valence-corrected chi connectivity index (χ2v) is 5.77. The number of hydrazone groups is 1. The Balaban J connectivity index is 2.08. The number of hydrogen-bond donors (Lipinski definition) is 2. The van der Waals surface area contributed by atoms with E-state index in [9.17, 15) is 0 Å². The summed E-state index contributed by atoms with van der Waals surface area (Å²) in [4.78, 5) is 0. The number of rotatable bonds is 7. The first-order valence-corrected chi connectivity index (χ1v) is 8.49. The molecule has 132 valence electrons. The summed E-state index contributed by atoms with van der Waals surface area (Å²) in [6, 6.07) is 13.9. The van der Waals surface area contributed by atoms with Gasteiger partial charge in [-0.15, -0.1) is 0 Å². The number of benzene rings is 2. The maximum atomic E-state index is 5.93. The molecular weight excluding hydrogens is 334 g/mol. The summed E-state index contributed by atoms with van der Waals surface area (Å²) >= 11 is 4.97. The molecule has 0 fully saturated rings. The summed E-state index contributed by atoms with van der Waals surface area (Å²) in [7, 11) is 1.73. The second kappa shape index (κ2) is 9.64.